The molecule has 1 aromatic carbocycles. The van der Waals surface area contributed by atoms with E-state index in [0.29, 0.717) is 5.56 Å². The summed E-state index contributed by atoms with van der Waals surface area (Å²) in [5, 5.41) is 15.7. The monoisotopic (exact) mass is 358 g/mol. The molecule has 0 spiro atoms. The number of hydrogen-bond acceptors (Lipinski definition) is 5. The van der Waals surface area contributed by atoms with E-state index in [1.807, 2.05) is 0 Å². The lowest BCUT2D eigenvalue weighted by atomic mass is 10.2. The van der Waals surface area contributed by atoms with E-state index < -0.39 is 12.3 Å². The summed E-state index contributed by atoms with van der Waals surface area (Å²) in [5.74, 6) is -1.99. The fraction of sp³-hybridized carbons (Fsp3) is 0.286. The van der Waals surface area contributed by atoms with Gasteiger partial charge in [-0.25, -0.2) is 9.48 Å². The van der Waals surface area contributed by atoms with E-state index in [4.69, 9.17) is 5.11 Å². The third-order valence-electron chi connectivity index (χ3n) is 3.06. The number of ether oxygens (including phenoxy) is 1. The number of nitrogens with zero attached hydrogens (tertiary/aromatic N) is 4. The molecule has 0 radical (unpaired) electrons. The standard InChI is InChI=1S/C14H13F3N4O4/c1-20(12(22)8-21-7-11(13(23)24)18-19-21)6-9-2-4-10(5-3-9)25-14(15,16)17/h2-5,7H,6,8H2,1H3,(H,23,24). The lowest BCUT2D eigenvalue weighted by Crippen LogP contribution is -2.30. The largest absolute Gasteiger partial charge is 0.573 e. The SMILES string of the molecule is CN(Cc1ccc(OC(F)(F)F)cc1)C(=O)Cn1cc(C(=O)O)nn1. The number of halogens is 3. The van der Waals surface area contributed by atoms with Crippen molar-refractivity contribution >= 4 is 11.9 Å². The Morgan fingerprint density at radius 2 is 1.92 bits per heavy atom. The number of hydrogen-bond donors (Lipinski definition) is 1. The van der Waals surface area contributed by atoms with Crippen molar-refractivity contribution in [3.8, 4) is 5.75 Å². The molecule has 0 bridgehead atoms. The molecule has 1 N–H and O–H groups in total. The van der Waals surface area contributed by atoms with Gasteiger partial charge in [-0.3, -0.25) is 4.79 Å². The zero-order valence-electron chi connectivity index (χ0n) is 12.9. The molecule has 0 unspecified atom stereocenters. The van der Waals surface area contributed by atoms with Gasteiger partial charge in [0.15, 0.2) is 5.69 Å². The number of alkyl halides is 3. The number of aromatic carboxylic acids is 1. The van der Waals surface area contributed by atoms with Gasteiger partial charge < -0.3 is 14.7 Å². The van der Waals surface area contributed by atoms with Crippen LogP contribution in [0, 0.1) is 0 Å². The second-order valence-corrected chi connectivity index (χ2v) is 5.05. The number of carboxylic acids is 1. The molecule has 0 atom stereocenters. The summed E-state index contributed by atoms with van der Waals surface area (Å²) in [5.41, 5.74) is 0.311. The molecule has 1 amide bonds. The molecular formula is C14H13F3N4O4. The summed E-state index contributed by atoms with van der Waals surface area (Å²) in [6, 6.07) is 5.11. The van der Waals surface area contributed by atoms with E-state index in [-0.39, 0.29) is 30.4 Å². The number of benzene rings is 1. The number of carboxylic acid groups (broad SMARTS) is 1. The van der Waals surface area contributed by atoms with Crippen molar-refractivity contribution in [3.05, 3.63) is 41.7 Å². The number of aromatic nitrogens is 3. The Labute approximate surface area is 139 Å². The van der Waals surface area contributed by atoms with E-state index in [1.54, 1.807) is 0 Å². The minimum Gasteiger partial charge on any atom is -0.476 e. The molecule has 2 rings (SSSR count). The van der Waals surface area contributed by atoms with Gasteiger partial charge in [0.05, 0.1) is 6.20 Å². The van der Waals surface area contributed by atoms with Gasteiger partial charge >= 0.3 is 12.3 Å². The summed E-state index contributed by atoms with van der Waals surface area (Å²) in [7, 11) is 1.50. The molecule has 1 heterocycles. The third-order valence-corrected chi connectivity index (χ3v) is 3.06. The van der Waals surface area contributed by atoms with Gasteiger partial charge in [-0.1, -0.05) is 17.3 Å². The van der Waals surface area contributed by atoms with Gasteiger partial charge in [-0.15, -0.1) is 18.3 Å². The van der Waals surface area contributed by atoms with Crippen molar-refractivity contribution in [3.63, 3.8) is 0 Å². The fourth-order valence-corrected chi connectivity index (χ4v) is 1.89. The minimum atomic E-state index is -4.76. The highest BCUT2D eigenvalue weighted by molar-refractivity contribution is 5.84. The Morgan fingerprint density at radius 1 is 1.28 bits per heavy atom. The first-order valence-corrected chi connectivity index (χ1v) is 6.86. The van der Waals surface area contributed by atoms with Gasteiger partial charge in [0.1, 0.15) is 12.3 Å². The van der Waals surface area contributed by atoms with Crippen LogP contribution in [0.3, 0.4) is 0 Å². The summed E-state index contributed by atoms with van der Waals surface area (Å²) in [6.45, 7) is -0.0718. The van der Waals surface area contributed by atoms with E-state index in [9.17, 15) is 22.8 Å². The van der Waals surface area contributed by atoms with E-state index in [1.165, 1.54) is 24.1 Å². The first kappa shape index (κ1) is 18.2. The van der Waals surface area contributed by atoms with Gasteiger partial charge in [0.25, 0.3) is 0 Å². The Bertz CT molecular complexity index is 758. The van der Waals surface area contributed by atoms with Crippen molar-refractivity contribution in [2.75, 3.05) is 7.05 Å². The molecule has 134 valence electrons. The molecule has 0 aliphatic heterocycles. The average Bonchev–Trinajstić information content (AvgIpc) is 2.96. The molecule has 0 aliphatic carbocycles. The van der Waals surface area contributed by atoms with Crippen LogP contribution in [-0.2, 0) is 17.9 Å². The van der Waals surface area contributed by atoms with E-state index in [0.717, 1.165) is 23.0 Å². The summed E-state index contributed by atoms with van der Waals surface area (Å²) in [6.07, 6.45) is -3.64. The molecule has 2 aromatic rings. The highest BCUT2D eigenvalue weighted by Crippen LogP contribution is 2.23. The van der Waals surface area contributed by atoms with Gasteiger partial charge in [0.2, 0.25) is 5.91 Å². The van der Waals surface area contributed by atoms with Crippen LogP contribution in [0.2, 0.25) is 0 Å². The van der Waals surface area contributed by atoms with Crippen molar-refractivity contribution in [1.82, 2.24) is 19.9 Å². The Kier molecular flexibility index (Phi) is 5.25. The van der Waals surface area contributed by atoms with Crippen LogP contribution in [-0.4, -0.2) is 50.3 Å². The van der Waals surface area contributed by atoms with Gasteiger partial charge in [-0.2, -0.15) is 0 Å². The average molecular weight is 358 g/mol. The molecule has 25 heavy (non-hydrogen) atoms. The highest BCUT2D eigenvalue weighted by atomic mass is 19.4. The predicted molar refractivity (Wildman–Crippen MR) is 76.6 cm³/mol. The van der Waals surface area contributed by atoms with Crippen LogP contribution in [0.15, 0.2) is 30.5 Å². The molecule has 0 saturated carbocycles. The van der Waals surface area contributed by atoms with Crippen molar-refractivity contribution in [2.45, 2.75) is 19.5 Å². The smallest absolute Gasteiger partial charge is 0.476 e. The number of amides is 1. The third kappa shape index (κ3) is 5.48. The van der Waals surface area contributed by atoms with Crippen LogP contribution in [0.25, 0.3) is 0 Å². The summed E-state index contributed by atoms with van der Waals surface area (Å²) >= 11 is 0. The number of rotatable bonds is 6. The lowest BCUT2D eigenvalue weighted by Gasteiger charge is -2.17. The molecule has 0 aliphatic rings. The van der Waals surface area contributed by atoms with Crippen LogP contribution in [0.1, 0.15) is 16.1 Å². The maximum Gasteiger partial charge on any atom is 0.573 e. The van der Waals surface area contributed by atoms with E-state index >= 15 is 0 Å². The Balaban J connectivity index is 1.92. The Morgan fingerprint density at radius 3 is 2.44 bits per heavy atom. The fourth-order valence-electron chi connectivity index (χ4n) is 1.89. The normalized spacial score (nSPS) is 11.2. The van der Waals surface area contributed by atoms with Crippen LogP contribution < -0.4 is 4.74 Å². The van der Waals surface area contributed by atoms with Crippen LogP contribution in [0.5, 0.6) is 5.75 Å². The first-order valence-electron chi connectivity index (χ1n) is 6.86. The maximum absolute atomic E-state index is 12.1. The molecule has 8 nitrogen and oxygen atoms in total. The molecule has 0 fully saturated rings. The maximum atomic E-state index is 12.1. The van der Waals surface area contributed by atoms with Gasteiger partial charge in [-0.05, 0) is 17.7 Å². The zero-order chi connectivity index (χ0) is 18.6. The van der Waals surface area contributed by atoms with Crippen molar-refractivity contribution in [2.24, 2.45) is 0 Å². The first-order chi connectivity index (χ1) is 11.6. The van der Waals surface area contributed by atoms with Crippen LogP contribution >= 0.6 is 0 Å². The van der Waals surface area contributed by atoms with Gasteiger partial charge in [0, 0.05) is 13.6 Å². The second-order valence-electron chi connectivity index (χ2n) is 5.05. The Hall–Kier alpha value is -3.11. The number of likely N-dealkylation sites (N-methyl/N-ethyl adjacent to an activating group) is 1. The minimum absolute atomic E-state index is 0.144. The quantitative estimate of drug-likeness (QED) is 0.841. The molecule has 0 saturated heterocycles. The van der Waals surface area contributed by atoms with Crippen LogP contribution in [0.4, 0.5) is 13.2 Å². The van der Waals surface area contributed by atoms with Crippen molar-refractivity contribution < 1.29 is 32.6 Å². The predicted octanol–water partition coefficient (Wildman–Crippen LogP) is 1.53. The number of carbonyl (C=O) groups is 2. The van der Waals surface area contributed by atoms with E-state index in [2.05, 4.69) is 15.0 Å². The zero-order valence-corrected chi connectivity index (χ0v) is 12.9. The number of carbonyl (C=O) groups excluding carboxylic acids is 1. The lowest BCUT2D eigenvalue weighted by molar-refractivity contribution is -0.274. The summed E-state index contributed by atoms with van der Waals surface area (Å²) in [4.78, 5) is 24.1. The van der Waals surface area contributed by atoms with Crippen molar-refractivity contribution in [1.29, 1.82) is 0 Å². The summed E-state index contributed by atoms with van der Waals surface area (Å²) < 4.78 is 41.1. The molecule has 1 aromatic heterocycles. The highest BCUT2D eigenvalue weighted by Gasteiger charge is 2.30. The topological polar surface area (TPSA) is 97.5 Å². The second kappa shape index (κ2) is 7.20. The molecular weight excluding hydrogens is 345 g/mol. The molecule has 11 heteroatoms.